The van der Waals surface area contributed by atoms with Gasteiger partial charge in [-0.1, -0.05) is 30.3 Å². The molecule has 1 fully saturated rings. The molecule has 112 valence electrons. The summed E-state index contributed by atoms with van der Waals surface area (Å²) >= 11 is 0. The maximum atomic E-state index is 12.5. The van der Waals surface area contributed by atoms with Crippen molar-refractivity contribution in [1.29, 1.82) is 0 Å². The summed E-state index contributed by atoms with van der Waals surface area (Å²) in [5.41, 5.74) is 3.91. The molecule has 0 radical (unpaired) electrons. The minimum atomic E-state index is 0.0947. The molecule has 0 spiro atoms. The largest absolute Gasteiger partial charge is 0.328 e. The molecule has 22 heavy (non-hydrogen) atoms. The van der Waals surface area contributed by atoms with E-state index in [-0.39, 0.29) is 5.91 Å². The Bertz CT molecular complexity index is 693. The van der Waals surface area contributed by atoms with Gasteiger partial charge >= 0.3 is 0 Å². The molecule has 0 saturated carbocycles. The zero-order chi connectivity index (χ0) is 14.9. The lowest BCUT2D eigenvalue weighted by Crippen LogP contribution is -2.23. The second kappa shape index (κ2) is 5.54. The number of nitrogens with one attached hydrogen (secondary N) is 1. The molecule has 3 heterocycles. The fourth-order valence-corrected chi connectivity index (χ4v) is 3.32. The van der Waals surface area contributed by atoms with Gasteiger partial charge in [-0.15, -0.1) is 0 Å². The molecular formula is C18H19N3O. The fourth-order valence-electron chi connectivity index (χ4n) is 3.32. The number of benzene rings is 1. The molecule has 0 bridgehead atoms. The van der Waals surface area contributed by atoms with E-state index in [0.29, 0.717) is 19.1 Å². The molecular weight excluding hydrogens is 274 g/mol. The number of rotatable bonds is 3. The SMILES string of the molecule is O=C1c2ccc([C@@H]3CCCN3)nc2CN1Cc1ccccc1. The van der Waals surface area contributed by atoms with Crippen LogP contribution in [-0.2, 0) is 13.1 Å². The lowest BCUT2D eigenvalue weighted by molar-refractivity contribution is 0.0766. The maximum absolute atomic E-state index is 12.5. The number of aromatic nitrogens is 1. The van der Waals surface area contributed by atoms with E-state index in [0.717, 1.165) is 35.5 Å². The van der Waals surface area contributed by atoms with Crippen molar-refractivity contribution in [2.75, 3.05) is 6.54 Å². The highest BCUT2D eigenvalue weighted by Gasteiger charge is 2.29. The van der Waals surface area contributed by atoms with Gasteiger partial charge in [0.05, 0.1) is 23.5 Å². The van der Waals surface area contributed by atoms with E-state index in [4.69, 9.17) is 4.98 Å². The Labute approximate surface area is 130 Å². The van der Waals surface area contributed by atoms with Gasteiger partial charge in [-0.05, 0) is 37.1 Å². The van der Waals surface area contributed by atoms with Crippen molar-refractivity contribution in [2.24, 2.45) is 0 Å². The molecule has 2 aromatic rings. The van der Waals surface area contributed by atoms with E-state index >= 15 is 0 Å². The van der Waals surface area contributed by atoms with Crippen LogP contribution < -0.4 is 5.32 Å². The minimum Gasteiger partial charge on any atom is -0.328 e. The maximum Gasteiger partial charge on any atom is 0.256 e. The van der Waals surface area contributed by atoms with Crippen LogP contribution in [-0.4, -0.2) is 22.3 Å². The zero-order valence-corrected chi connectivity index (χ0v) is 12.5. The van der Waals surface area contributed by atoms with Crippen LogP contribution in [0.15, 0.2) is 42.5 Å². The van der Waals surface area contributed by atoms with Gasteiger partial charge in [-0.2, -0.15) is 0 Å². The van der Waals surface area contributed by atoms with Crippen LogP contribution in [0, 0.1) is 0 Å². The summed E-state index contributed by atoms with van der Waals surface area (Å²) in [5, 5.41) is 3.47. The highest BCUT2D eigenvalue weighted by atomic mass is 16.2. The number of hydrogen-bond donors (Lipinski definition) is 1. The molecule has 1 atom stereocenters. The van der Waals surface area contributed by atoms with Gasteiger partial charge in [-0.3, -0.25) is 9.78 Å². The van der Waals surface area contributed by atoms with Gasteiger partial charge in [0.25, 0.3) is 5.91 Å². The molecule has 2 aliphatic heterocycles. The molecule has 0 aliphatic carbocycles. The highest BCUT2D eigenvalue weighted by molar-refractivity contribution is 5.97. The first-order chi connectivity index (χ1) is 10.8. The summed E-state index contributed by atoms with van der Waals surface area (Å²) in [5.74, 6) is 0.0947. The summed E-state index contributed by atoms with van der Waals surface area (Å²) in [7, 11) is 0. The first-order valence-electron chi connectivity index (χ1n) is 7.88. The van der Waals surface area contributed by atoms with Crippen LogP contribution in [0.4, 0.5) is 0 Å². The standard InChI is InChI=1S/C18H19N3O/c22-18-14-8-9-16(15-7-4-10-19-15)20-17(14)12-21(18)11-13-5-2-1-3-6-13/h1-3,5-6,8-9,15,19H,4,7,10-12H2/t15-/m0/s1. The van der Waals surface area contributed by atoms with Crippen molar-refractivity contribution < 1.29 is 4.79 Å². The van der Waals surface area contributed by atoms with E-state index in [1.54, 1.807) is 0 Å². The Kier molecular flexibility index (Phi) is 3.39. The van der Waals surface area contributed by atoms with Crippen molar-refractivity contribution in [3.63, 3.8) is 0 Å². The first kappa shape index (κ1) is 13.5. The number of carbonyl (C=O) groups excluding carboxylic acids is 1. The van der Waals surface area contributed by atoms with Crippen LogP contribution >= 0.6 is 0 Å². The summed E-state index contributed by atoms with van der Waals surface area (Å²) in [6.45, 7) is 2.32. The van der Waals surface area contributed by atoms with Crippen LogP contribution in [0.3, 0.4) is 0 Å². The second-order valence-corrected chi connectivity index (χ2v) is 6.03. The molecule has 1 N–H and O–H groups in total. The average molecular weight is 293 g/mol. The van der Waals surface area contributed by atoms with E-state index in [2.05, 4.69) is 17.4 Å². The van der Waals surface area contributed by atoms with Crippen molar-refractivity contribution in [3.05, 3.63) is 65.0 Å². The number of carbonyl (C=O) groups is 1. The molecule has 1 aromatic carbocycles. The predicted molar refractivity (Wildman–Crippen MR) is 84.2 cm³/mol. The summed E-state index contributed by atoms with van der Waals surface area (Å²) < 4.78 is 0. The topological polar surface area (TPSA) is 45.2 Å². The number of pyridine rings is 1. The molecule has 4 heteroatoms. The van der Waals surface area contributed by atoms with E-state index in [9.17, 15) is 4.79 Å². The normalized spacial score (nSPS) is 20.5. The zero-order valence-electron chi connectivity index (χ0n) is 12.5. The Hall–Kier alpha value is -2.20. The third-order valence-electron chi connectivity index (χ3n) is 4.49. The van der Waals surface area contributed by atoms with Gasteiger partial charge < -0.3 is 10.2 Å². The number of nitrogens with zero attached hydrogens (tertiary/aromatic N) is 2. The Morgan fingerprint density at radius 1 is 1.18 bits per heavy atom. The highest BCUT2D eigenvalue weighted by Crippen LogP contribution is 2.27. The van der Waals surface area contributed by atoms with Gasteiger partial charge in [0.15, 0.2) is 0 Å². The fraction of sp³-hybridized carbons (Fsp3) is 0.333. The van der Waals surface area contributed by atoms with Crippen LogP contribution in [0.5, 0.6) is 0 Å². The molecule has 1 amide bonds. The van der Waals surface area contributed by atoms with Gasteiger partial charge in [0, 0.05) is 12.6 Å². The Balaban J connectivity index is 1.55. The van der Waals surface area contributed by atoms with Crippen LogP contribution in [0.25, 0.3) is 0 Å². The Morgan fingerprint density at radius 2 is 2.05 bits per heavy atom. The van der Waals surface area contributed by atoms with Gasteiger partial charge in [0.2, 0.25) is 0 Å². The molecule has 4 rings (SSSR count). The van der Waals surface area contributed by atoms with Crippen molar-refractivity contribution in [2.45, 2.75) is 32.0 Å². The lowest BCUT2D eigenvalue weighted by Gasteiger charge is -2.15. The molecule has 4 nitrogen and oxygen atoms in total. The van der Waals surface area contributed by atoms with E-state index in [1.807, 2.05) is 35.2 Å². The third kappa shape index (κ3) is 2.40. The quantitative estimate of drug-likeness (QED) is 0.946. The first-order valence-corrected chi connectivity index (χ1v) is 7.88. The van der Waals surface area contributed by atoms with Gasteiger partial charge in [0.1, 0.15) is 0 Å². The van der Waals surface area contributed by atoms with Crippen LogP contribution in [0.1, 0.15) is 46.2 Å². The monoisotopic (exact) mass is 293 g/mol. The third-order valence-corrected chi connectivity index (χ3v) is 4.49. The van der Waals surface area contributed by atoms with Crippen molar-refractivity contribution in [1.82, 2.24) is 15.2 Å². The van der Waals surface area contributed by atoms with E-state index in [1.165, 1.54) is 6.42 Å². The smallest absolute Gasteiger partial charge is 0.256 e. The van der Waals surface area contributed by atoms with Crippen molar-refractivity contribution in [3.8, 4) is 0 Å². The second-order valence-electron chi connectivity index (χ2n) is 6.03. The van der Waals surface area contributed by atoms with E-state index < -0.39 is 0 Å². The average Bonchev–Trinajstić information content (AvgIpc) is 3.18. The number of hydrogen-bond acceptors (Lipinski definition) is 3. The summed E-state index contributed by atoms with van der Waals surface area (Å²) in [6.07, 6.45) is 2.33. The number of amides is 1. The van der Waals surface area contributed by atoms with Crippen LogP contribution in [0.2, 0.25) is 0 Å². The van der Waals surface area contributed by atoms with Crippen molar-refractivity contribution >= 4 is 5.91 Å². The number of fused-ring (bicyclic) bond motifs is 1. The molecule has 1 aromatic heterocycles. The van der Waals surface area contributed by atoms with Gasteiger partial charge in [-0.25, -0.2) is 0 Å². The summed E-state index contributed by atoms with van der Waals surface area (Å²) in [4.78, 5) is 19.1. The molecule has 1 saturated heterocycles. The molecule has 0 unspecified atom stereocenters. The Morgan fingerprint density at radius 3 is 2.82 bits per heavy atom. The lowest BCUT2D eigenvalue weighted by atomic mass is 10.1. The predicted octanol–water partition coefficient (Wildman–Crippen LogP) is 2.66. The molecule has 2 aliphatic rings. The minimum absolute atomic E-state index is 0.0947. The summed E-state index contributed by atoms with van der Waals surface area (Å²) in [6, 6.07) is 14.4.